The minimum absolute atomic E-state index is 0.198. The van der Waals surface area contributed by atoms with Gasteiger partial charge in [-0.15, -0.1) is 0 Å². The van der Waals surface area contributed by atoms with E-state index in [1.54, 1.807) is 0 Å². The lowest BCUT2D eigenvalue weighted by Crippen LogP contribution is -2.00. The summed E-state index contributed by atoms with van der Waals surface area (Å²) in [4.78, 5) is 19.4. The third kappa shape index (κ3) is 4.54. The van der Waals surface area contributed by atoms with Crippen LogP contribution in [0.3, 0.4) is 0 Å². The Morgan fingerprint density at radius 3 is 2.00 bits per heavy atom. The highest BCUT2D eigenvalue weighted by Gasteiger charge is 2.15. The molecule has 8 nitrogen and oxygen atoms in total. The van der Waals surface area contributed by atoms with Crippen LogP contribution in [-0.2, 0) is 0 Å². The normalized spacial score (nSPS) is 10.8. The molecule has 1 aromatic heterocycles. The first-order valence-corrected chi connectivity index (χ1v) is 9.37. The van der Waals surface area contributed by atoms with Crippen LogP contribution < -0.4 is 5.43 Å². The number of para-hydroxylation sites is 1. The van der Waals surface area contributed by atoms with Crippen molar-refractivity contribution in [2.45, 2.75) is 0 Å². The van der Waals surface area contributed by atoms with E-state index < -0.39 is 16.4 Å². The molecule has 0 amide bonds. The minimum atomic E-state index is -0.654. The van der Waals surface area contributed by atoms with Crippen molar-refractivity contribution in [3.05, 3.63) is 101 Å². The van der Waals surface area contributed by atoms with E-state index in [0.717, 1.165) is 11.1 Å². The highest BCUT2D eigenvalue weighted by Crippen LogP contribution is 2.28. The number of nitrogens with one attached hydrogen (secondary N) is 1. The number of anilines is 1. The molecular formula is C23H17N5O3. The van der Waals surface area contributed by atoms with Gasteiger partial charge in [-0.3, -0.25) is 10.1 Å². The summed E-state index contributed by atoms with van der Waals surface area (Å²) in [6.07, 6.45) is 1.28. The van der Waals surface area contributed by atoms with Crippen LogP contribution in [-0.4, -0.2) is 26.2 Å². The molecule has 0 bridgehead atoms. The smallest absolute Gasteiger partial charge is 0.311 e. The Morgan fingerprint density at radius 2 is 1.45 bits per heavy atom. The van der Waals surface area contributed by atoms with Crippen LogP contribution in [0.1, 0.15) is 5.56 Å². The predicted molar refractivity (Wildman–Crippen MR) is 119 cm³/mol. The van der Waals surface area contributed by atoms with Crippen LogP contribution in [0.2, 0.25) is 0 Å². The second-order valence-corrected chi connectivity index (χ2v) is 6.54. The van der Waals surface area contributed by atoms with Gasteiger partial charge in [0.15, 0.2) is 0 Å². The number of hydrogen-bond acceptors (Lipinski definition) is 7. The van der Waals surface area contributed by atoms with E-state index in [1.807, 2.05) is 66.7 Å². The van der Waals surface area contributed by atoms with E-state index in [4.69, 9.17) is 0 Å². The number of rotatable bonds is 6. The monoisotopic (exact) mass is 411 g/mol. The van der Waals surface area contributed by atoms with Crippen molar-refractivity contribution in [2.24, 2.45) is 5.10 Å². The Labute approximate surface area is 177 Å². The largest absolute Gasteiger partial charge is 0.502 e. The summed E-state index contributed by atoms with van der Waals surface area (Å²) in [5.74, 6) is -0.205. The summed E-state index contributed by atoms with van der Waals surface area (Å²) in [5.41, 5.74) is 5.83. The van der Waals surface area contributed by atoms with Crippen LogP contribution in [0.15, 0.2) is 90.0 Å². The number of phenols is 1. The second kappa shape index (κ2) is 8.83. The van der Waals surface area contributed by atoms with E-state index in [9.17, 15) is 15.2 Å². The maximum Gasteiger partial charge on any atom is 0.311 e. The maximum absolute atomic E-state index is 11.0. The fraction of sp³-hybridized carbons (Fsp3) is 0. The van der Waals surface area contributed by atoms with E-state index >= 15 is 0 Å². The average molecular weight is 411 g/mol. The van der Waals surface area contributed by atoms with Gasteiger partial charge in [0, 0.05) is 22.8 Å². The zero-order valence-corrected chi connectivity index (χ0v) is 16.2. The van der Waals surface area contributed by atoms with Gasteiger partial charge in [-0.05, 0) is 12.1 Å². The number of aromatic nitrogens is 2. The average Bonchev–Trinajstić information content (AvgIpc) is 2.81. The molecule has 0 unspecified atom stereocenters. The number of benzene rings is 3. The van der Waals surface area contributed by atoms with Crippen molar-refractivity contribution in [2.75, 3.05) is 5.43 Å². The van der Waals surface area contributed by atoms with Crippen molar-refractivity contribution in [1.29, 1.82) is 0 Å². The first kappa shape index (κ1) is 19.7. The highest BCUT2D eigenvalue weighted by molar-refractivity contribution is 5.86. The zero-order valence-electron chi connectivity index (χ0n) is 16.2. The summed E-state index contributed by atoms with van der Waals surface area (Å²) < 4.78 is 0. The van der Waals surface area contributed by atoms with E-state index in [2.05, 4.69) is 20.5 Å². The van der Waals surface area contributed by atoms with Crippen LogP contribution in [0, 0.1) is 10.1 Å². The minimum Gasteiger partial charge on any atom is -0.502 e. The van der Waals surface area contributed by atoms with Crippen LogP contribution in [0.25, 0.3) is 22.5 Å². The van der Waals surface area contributed by atoms with Crippen molar-refractivity contribution in [1.82, 2.24) is 9.97 Å². The Hall–Kier alpha value is -4.59. The predicted octanol–water partition coefficient (Wildman–Crippen LogP) is 4.87. The van der Waals surface area contributed by atoms with Crippen LogP contribution in [0.5, 0.6) is 5.75 Å². The standard InChI is InChI=1S/C23H17N5O3/c29-22-18(12-7-13-21(22)28(30)31)15-24-27-23-25-19(16-8-3-1-4-9-16)14-20(26-23)17-10-5-2-6-11-17/h1-15,29H,(H,25,26,27)/b24-15-. The number of nitrogens with zero attached hydrogens (tertiary/aromatic N) is 4. The molecule has 4 aromatic rings. The van der Waals surface area contributed by atoms with Gasteiger partial charge in [-0.2, -0.15) is 5.10 Å². The number of nitro benzene ring substituents is 1. The van der Waals surface area contributed by atoms with Crippen molar-refractivity contribution in [3.8, 4) is 28.3 Å². The molecule has 1 heterocycles. The first-order valence-electron chi connectivity index (χ1n) is 9.37. The highest BCUT2D eigenvalue weighted by atomic mass is 16.6. The Kier molecular flexibility index (Phi) is 5.62. The maximum atomic E-state index is 11.0. The molecule has 8 heteroatoms. The molecule has 0 spiro atoms. The lowest BCUT2D eigenvalue weighted by Gasteiger charge is -2.08. The quantitative estimate of drug-likeness (QED) is 0.266. The van der Waals surface area contributed by atoms with Gasteiger partial charge >= 0.3 is 5.69 Å². The lowest BCUT2D eigenvalue weighted by atomic mass is 10.1. The number of nitro groups is 1. The molecule has 152 valence electrons. The number of aromatic hydroxyl groups is 1. The fourth-order valence-electron chi connectivity index (χ4n) is 2.97. The van der Waals surface area contributed by atoms with Gasteiger partial charge in [0.1, 0.15) is 0 Å². The SMILES string of the molecule is O=[N+]([O-])c1cccc(/C=N\Nc2nc(-c3ccccc3)cc(-c3ccccc3)n2)c1O. The van der Waals surface area contributed by atoms with E-state index in [1.165, 1.54) is 24.4 Å². The summed E-state index contributed by atoms with van der Waals surface area (Å²) in [6.45, 7) is 0. The molecule has 3 aromatic carbocycles. The fourth-order valence-corrected chi connectivity index (χ4v) is 2.97. The Balaban J connectivity index is 1.67. The van der Waals surface area contributed by atoms with Gasteiger partial charge in [-0.25, -0.2) is 15.4 Å². The van der Waals surface area contributed by atoms with Crippen molar-refractivity contribution >= 4 is 17.9 Å². The third-order valence-electron chi connectivity index (χ3n) is 4.48. The third-order valence-corrected chi connectivity index (χ3v) is 4.48. The molecule has 0 aliphatic rings. The summed E-state index contributed by atoms with van der Waals surface area (Å²) in [6, 6.07) is 25.5. The van der Waals surface area contributed by atoms with E-state index in [0.29, 0.717) is 11.4 Å². The van der Waals surface area contributed by atoms with Gasteiger partial charge in [0.2, 0.25) is 11.7 Å². The van der Waals surface area contributed by atoms with Crippen LogP contribution in [0.4, 0.5) is 11.6 Å². The van der Waals surface area contributed by atoms with Crippen molar-refractivity contribution in [3.63, 3.8) is 0 Å². The molecule has 0 saturated heterocycles. The molecule has 4 rings (SSSR count). The van der Waals surface area contributed by atoms with Gasteiger partial charge < -0.3 is 5.11 Å². The molecule has 31 heavy (non-hydrogen) atoms. The summed E-state index contributed by atoms with van der Waals surface area (Å²) in [5, 5.41) is 25.1. The van der Waals surface area contributed by atoms with E-state index in [-0.39, 0.29) is 11.5 Å². The number of phenolic OH excluding ortho intramolecular Hbond substituents is 1. The summed E-state index contributed by atoms with van der Waals surface area (Å²) >= 11 is 0. The Morgan fingerprint density at radius 1 is 0.871 bits per heavy atom. The molecule has 0 aliphatic heterocycles. The van der Waals surface area contributed by atoms with Gasteiger partial charge in [0.05, 0.1) is 22.5 Å². The lowest BCUT2D eigenvalue weighted by molar-refractivity contribution is -0.385. The molecule has 0 aliphatic carbocycles. The molecule has 0 atom stereocenters. The van der Waals surface area contributed by atoms with Crippen LogP contribution >= 0.6 is 0 Å². The van der Waals surface area contributed by atoms with Gasteiger partial charge in [0.25, 0.3) is 0 Å². The number of hydrazone groups is 1. The Bertz CT molecular complexity index is 1190. The molecule has 2 N–H and O–H groups in total. The zero-order chi connectivity index (χ0) is 21.6. The van der Waals surface area contributed by atoms with Crippen molar-refractivity contribution < 1.29 is 10.0 Å². The second-order valence-electron chi connectivity index (χ2n) is 6.54. The molecule has 0 fully saturated rings. The van der Waals surface area contributed by atoms with Gasteiger partial charge in [-0.1, -0.05) is 66.7 Å². The molecular weight excluding hydrogens is 394 g/mol. The topological polar surface area (TPSA) is 114 Å². The molecule has 0 saturated carbocycles. The first-order chi connectivity index (χ1) is 15.1. The summed E-state index contributed by atoms with van der Waals surface area (Å²) in [7, 11) is 0. The molecule has 0 radical (unpaired) electrons. The number of hydrogen-bond donors (Lipinski definition) is 2.